The van der Waals surface area contributed by atoms with Crippen LogP contribution in [-0.4, -0.2) is 0 Å². The average Bonchev–Trinajstić information content (AvgIpc) is 3.20. The van der Waals surface area contributed by atoms with E-state index in [2.05, 4.69) is 227 Å². The van der Waals surface area contributed by atoms with Gasteiger partial charge in [-0.15, -0.1) is 0 Å². The zero-order chi connectivity index (χ0) is 34.8. The van der Waals surface area contributed by atoms with Gasteiger partial charge in [-0.1, -0.05) is 164 Å². The maximum Gasteiger partial charge on any atom is 0.0209 e. The van der Waals surface area contributed by atoms with Gasteiger partial charge in [-0.3, -0.25) is 0 Å². The van der Waals surface area contributed by atoms with E-state index in [9.17, 15) is 0 Å². The van der Waals surface area contributed by atoms with Gasteiger partial charge in [0.2, 0.25) is 0 Å². The average molecular weight is 885 g/mol. The molecule has 0 aliphatic rings. The van der Waals surface area contributed by atoms with Crippen LogP contribution in [0.15, 0.2) is 182 Å². The topological polar surface area (TPSA) is 0 Å². The van der Waals surface area contributed by atoms with E-state index in [0.717, 1.165) is 0 Å². The summed E-state index contributed by atoms with van der Waals surface area (Å²) in [6.45, 7) is 0. The monoisotopic (exact) mass is 884 g/mol. The zero-order valence-electron chi connectivity index (χ0n) is 28.1. The molecule has 10 rings (SSSR count). The highest BCUT2D eigenvalue weighted by atomic mass is 127. The Morgan fingerprint density at radius 2 is 0.731 bits per heavy atom. The van der Waals surface area contributed by atoms with E-state index in [0.29, 0.717) is 0 Å². The highest BCUT2D eigenvalue weighted by Crippen LogP contribution is 2.50. The molecule has 0 saturated heterocycles. The summed E-state index contributed by atoms with van der Waals surface area (Å²) in [5, 5.41) is 10.4. The summed E-state index contributed by atoms with van der Waals surface area (Å²) in [6.07, 6.45) is 0. The molecule has 0 spiro atoms. The molecule has 2 heteroatoms. The van der Waals surface area contributed by atoms with Gasteiger partial charge in [0.15, 0.2) is 0 Å². The summed E-state index contributed by atoms with van der Waals surface area (Å²) >= 11 is 4.97. The van der Waals surface area contributed by atoms with Gasteiger partial charge in [0, 0.05) is 7.14 Å². The molecule has 0 aliphatic heterocycles. The first-order valence-corrected chi connectivity index (χ1v) is 19.7. The lowest BCUT2D eigenvalue weighted by Gasteiger charge is -2.22. The highest BCUT2D eigenvalue weighted by molar-refractivity contribution is 14.1. The Hall–Kier alpha value is -5.04. The summed E-state index contributed by atoms with van der Waals surface area (Å²) in [5.41, 5.74) is 12.4. The molecule has 244 valence electrons. The van der Waals surface area contributed by atoms with Crippen LogP contribution in [0.2, 0.25) is 0 Å². The molecule has 0 radical (unpaired) electrons. The third kappa shape index (κ3) is 5.07. The molecule has 0 unspecified atom stereocenters. The Labute approximate surface area is 330 Å². The van der Waals surface area contributed by atoms with Crippen LogP contribution in [0, 0.1) is 7.14 Å². The number of hydrogen-bond acceptors (Lipinski definition) is 0. The van der Waals surface area contributed by atoms with Crippen molar-refractivity contribution in [1.82, 2.24) is 0 Å². The fraction of sp³-hybridized carbons (Fsp3) is 0. The first-order valence-electron chi connectivity index (χ1n) is 17.6. The lowest BCUT2D eigenvalue weighted by molar-refractivity contribution is 1.58. The Balaban J connectivity index is 1.39. The quantitative estimate of drug-likeness (QED) is 0.0918. The second-order valence-electron chi connectivity index (χ2n) is 13.4. The van der Waals surface area contributed by atoms with Crippen molar-refractivity contribution in [3.63, 3.8) is 0 Å². The van der Waals surface area contributed by atoms with Crippen molar-refractivity contribution in [3.05, 3.63) is 189 Å². The molecule has 10 aromatic carbocycles. The Kier molecular flexibility index (Phi) is 7.84. The third-order valence-corrected chi connectivity index (χ3v) is 12.5. The van der Waals surface area contributed by atoms with Gasteiger partial charge in [0.1, 0.15) is 0 Å². The molecular weight excluding hydrogens is 854 g/mol. The fourth-order valence-electron chi connectivity index (χ4n) is 8.29. The lowest BCUT2D eigenvalue weighted by atomic mass is 9.81. The van der Waals surface area contributed by atoms with Crippen molar-refractivity contribution in [3.8, 4) is 55.6 Å². The van der Waals surface area contributed by atoms with Crippen molar-refractivity contribution >= 4 is 88.3 Å². The molecule has 0 nitrogen and oxygen atoms in total. The van der Waals surface area contributed by atoms with E-state index < -0.39 is 0 Å². The predicted molar refractivity (Wildman–Crippen MR) is 240 cm³/mol. The van der Waals surface area contributed by atoms with Crippen molar-refractivity contribution < 1.29 is 0 Å². The second kappa shape index (κ2) is 12.9. The van der Waals surface area contributed by atoms with Crippen LogP contribution >= 0.6 is 45.2 Å². The molecule has 0 heterocycles. The van der Waals surface area contributed by atoms with Gasteiger partial charge in [-0.05, 0) is 162 Å². The molecule has 52 heavy (non-hydrogen) atoms. The maximum atomic E-state index is 2.49. The number of hydrogen-bond donors (Lipinski definition) is 0. The zero-order valence-corrected chi connectivity index (χ0v) is 32.4. The van der Waals surface area contributed by atoms with Gasteiger partial charge < -0.3 is 0 Å². The first-order chi connectivity index (χ1) is 25.7. The maximum absolute atomic E-state index is 2.49. The lowest BCUT2D eigenvalue weighted by Crippen LogP contribution is -1.95. The number of halogens is 2. The van der Waals surface area contributed by atoms with Crippen LogP contribution in [0.25, 0.3) is 98.7 Å². The second-order valence-corrected chi connectivity index (χ2v) is 15.7. The molecule has 0 saturated carbocycles. The minimum atomic E-state index is 1.21. The van der Waals surface area contributed by atoms with E-state index in [1.807, 2.05) is 0 Å². The van der Waals surface area contributed by atoms with Gasteiger partial charge in [0.25, 0.3) is 0 Å². The fourth-order valence-corrected chi connectivity index (χ4v) is 9.65. The third-order valence-electron chi connectivity index (χ3n) is 10.6. The van der Waals surface area contributed by atoms with Gasteiger partial charge in [-0.2, -0.15) is 0 Å². The standard InChI is InChI=1S/C50H30I2/c51-46-20-9-7-16-37(46)35-24-26-41-42-27-25-36(38-17-8-10-21-47(38)52)40-28-29-43(50(49(40)42)44-19-11-18-39(35)48(41)44)45-30-33(31-12-3-1-4-13-31)22-23-34(45)32-14-5-2-6-15-32/h1-30H. The van der Waals surface area contributed by atoms with E-state index in [1.165, 1.54) is 106 Å². The molecule has 0 aromatic heterocycles. The van der Waals surface area contributed by atoms with Crippen LogP contribution in [0.3, 0.4) is 0 Å². The summed E-state index contributed by atoms with van der Waals surface area (Å²) < 4.78 is 2.51. The SMILES string of the molecule is Ic1ccccc1-c1ccc2c3ccc(-c4ccccc4I)c4ccc(-c5cc(-c6ccccc6)ccc5-c5ccccc5)c(c5cccc1c25)c43. The van der Waals surface area contributed by atoms with E-state index >= 15 is 0 Å². The summed E-state index contributed by atoms with van der Waals surface area (Å²) in [7, 11) is 0. The number of benzene rings is 10. The van der Waals surface area contributed by atoms with Crippen molar-refractivity contribution in [2.45, 2.75) is 0 Å². The largest absolute Gasteiger partial charge is 0.0622 e. The van der Waals surface area contributed by atoms with Crippen LogP contribution in [-0.2, 0) is 0 Å². The molecule has 0 fully saturated rings. The minimum absolute atomic E-state index is 1.21. The van der Waals surface area contributed by atoms with Crippen LogP contribution < -0.4 is 0 Å². The van der Waals surface area contributed by atoms with Crippen LogP contribution in [0.4, 0.5) is 0 Å². The van der Waals surface area contributed by atoms with E-state index in [-0.39, 0.29) is 0 Å². The van der Waals surface area contributed by atoms with Gasteiger partial charge in [-0.25, -0.2) is 0 Å². The summed E-state index contributed by atoms with van der Waals surface area (Å²) in [6, 6.07) is 67.2. The van der Waals surface area contributed by atoms with Gasteiger partial charge >= 0.3 is 0 Å². The number of fused-ring (bicyclic) bond motifs is 2. The van der Waals surface area contributed by atoms with Crippen molar-refractivity contribution in [2.24, 2.45) is 0 Å². The molecule has 0 N–H and O–H groups in total. The molecule has 0 atom stereocenters. The van der Waals surface area contributed by atoms with Crippen molar-refractivity contribution in [2.75, 3.05) is 0 Å². The predicted octanol–water partition coefficient (Wildman–Crippen LogP) is 15.3. The van der Waals surface area contributed by atoms with Crippen molar-refractivity contribution in [1.29, 1.82) is 0 Å². The normalized spacial score (nSPS) is 11.7. The molecular formula is C50H30I2. The smallest absolute Gasteiger partial charge is 0.0209 e. The molecule has 0 amide bonds. The highest BCUT2D eigenvalue weighted by Gasteiger charge is 2.22. The van der Waals surface area contributed by atoms with E-state index in [1.54, 1.807) is 0 Å². The van der Waals surface area contributed by atoms with Gasteiger partial charge in [0.05, 0.1) is 0 Å². The minimum Gasteiger partial charge on any atom is -0.0622 e. The summed E-state index contributed by atoms with van der Waals surface area (Å²) in [5.74, 6) is 0. The Morgan fingerprint density at radius 3 is 1.38 bits per heavy atom. The first kappa shape index (κ1) is 31.7. The Bertz CT molecular complexity index is 2960. The van der Waals surface area contributed by atoms with E-state index in [4.69, 9.17) is 0 Å². The molecule has 0 aliphatic carbocycles. The molecule has 0 bridgehead atoms. The molecule has 10 aromatic rings. The van der Waals surface area contributed by atoms with Crippen LogP contribution in [0.1, 0.15) is 0 Å². The van der Waals surface area contributed by atoms with Crippen LogP contribution in [0.5, 0.6) is 0 Å². The summed E-state index contributed by atoms with van der Waals surface area (Å²) in [4.78, 5) is 0. The Morgan fingerprint density at radius 1 is 0.231 bits per heavy atom. The number of rotatable bonds is 5.